The number of rotatable bonds is 2. The molecule has 0 heterocycles. The smallest absolute Gasteiger partial charge is 0.180 e. The lowest BCUT2D eigenvalue weighted by molar-refractivity contribution is 0.101. The number of carbonyl (C=O) groups excluding carboxylic acids is 1. The van der Waals surface area contributed by atoms with Crippen molar-refractivity contribution in [2.24, 2.45) is 0 Å². The molecule has 3 nitrogen and oxygen atoms in total. The minimum Gasteiger partial charge on any atom is -0.397 e. The summed E-state index contributed by atoms with van der Waals surface area (Å²) in [6.45, 7) is 0. The molecule has 0 aliphatic carbocycles. The Morgan fingerprint density at radius 2 is 2.08 bits per heavy atom. The standard InChI is InChI=1S/C8H8ClFN2O/c9-3-6(13)4-1-2-5(11)8(12)7(4)10/h1-2H,3,11-12H2. The first kappa shape index (κ1) is 9.80. The zero-order chi connectivity index (χ0) is 10.0. The summed E-state index contributed by atoms with van der Waals surface area (Å²) in [5.41, 5.74) is 10.4. The van der Waals surface area contributed by atoms with Crippen molar-refractivity contribution in [1.29, 1.82) is 0 Å². The summed E-state index contributed by atoms with van der Waals surface area (Å²) >= 11 is 5.26. The van der Waals surface area contributed by atoms with Crippen molar-refractivity contribution in [3.05, 3.63) is 23.5 Å². The first-order valence-electron chi connectivity index (χ1n) is 3.50. The van der Waals surface area contributed by atoms with Crippen LogP contribution in [-0.2, 0) is 0 Å². The first-order chi connectivity index (χ1) is 6.07. The monoisotopic (exact) mass is 202 g/mol. The number of benzene rings is 1. The number of alkyl halides is 1. The van der Waals surface area contributed by atoms with Gasteiger partial charge in [-0.3, -0.25) is 4.79 Å². The van der Waals surface area contributed by atoms with Crippen LogP contribution in [0.1, 0.15) is 10.4 Å². The number of nitrogens with two attached hydrogens (primary N) is 2. The molecule has 4 N–H and O–H groups in total. The Bertz CT molecular complexity index is 354. The molecule has 5 heteroatoms. The lowest BCUT2D eigenvalue weighted by Crippen LogP contribution is -2.08. The zero-order valence-corrected chi connectivity index (χ0v) is 7.44. The van der Waals surface area contributed by atoms with Crippen LogP contribution >= 0.6 is 11.6 Å². The number of nitrogen functional groups attached to an aromatic ring is 2. The summed E-state index contributed by atoms with van der Waals surface area (Å²) in [7, 11) is 0. The zero-order valence-electron chi connectivity index (χ0n) is 6.68. The molecule has 0 aliphatic heterocycles. The van der Waals surface area contributed by atoms with Gasteiger partial charge in [0.05, 0.1) is 22.8 Å². The molecule has 0 aliphatic rings. The largest absolute Gasteiger partial charge is 0.397 e. The third-order valence-corrected chi connectivity index (χ3v) is 1.88. The van der Waals surface area contributed by atoms with E-state index in [4.69, 9.17) is 23.1 Å². The summed E-state index contributed by atoms with van der Waals surface area (Å²) in [5.74, 6) is -1.59. The lowest BCUT2D eigenvalue weighted by atomic mass is 10.1. The number of halogens is 2. The van der Waals surface area contributed by atoms with Crippen LogP contribution in [0.4, 0.5) is 15.8 Å². The second-order valence-corrected chi connectivity index (χ2v) is 2.75. The van der Waals surface area contributed by atoms with Crippen molar-refractivity contribution in [3.63, 3.8) is 0 Å². The molecule has 0 atom stereocenters. The summed E-state index contributed by atoms with van der Waals surface area (Å²) in [4.78, 5) is 11.0. The molecule has 70 valence electrons. The first-order valence-corrected chi connectivity index (χ1v) is 4.04. The van der Waals surface area contributed by atoms with E-state index >= 15 is 0 Å². The summed E-state index contributed by atoms with van der Waals surface area (Å²) < 4.78 is 13.2. The fraction of sp³-hybridized carbons (Fsp3) is 0.125. The van der Waals surface area contributed by atoms with Gasteiger partial charge in [0.15, 0.2) is 11.6 Å². The molecule has 0 saturated carbocycles. The number of anilines is 2. The van der Waals surface area contributed by atoms with Crippen molar-refractivity contribution in [1.82, 2.24) is 0 Å². The topological polar surface area (TPSA) is 69.1 Å². The van der Waals surface area contributed by atoms with E-state index in [2.05, 4.69) is 0 Å². The SMILES string of the molecule is Nc1ccc(C(=O)CCl)c(F)c1N. The highest BCUT2D eigenvalue weighted by atomic mass is 35.5. The molecule has 0 radical (unpaired) electrons. The van der Waals surface area contributed by atoms with E-state index in [0.29, 0.717) is 0 Å². The summed E-state index contributed by atoms with van der Waals surface area (Å²) in [5, 5.41) is 0. The predicted molar refractivity (Wildman–Crippen MR) is 50.3 cm³/mol. The van der Waals surface area contributed by atoms with Gasteiger partial charge in [-0.25, -0.2) is 4.39 Å². The number of ketones is 1. The second kappa shape index (κ2) is 3.62. The van der Waals surface area contributed by atoms with Gasteiger partial charge < -0.3 is 11.5 Å². The Hall–Kier alpha value is -1.29. The van der Waals surface area contributed by atoms with Gasteiger partial charge in [-0.1, -0.05) is 0 Å². The molecule has 0 unspecified atom stereocenters. The van der Waals surface area contributed by atoms with Crippen LogP contribution in [0.2, 0.25) is 0 Å². The Morgan fingerprint density at radius 3 is 2.62 bits per heavy atom. The van der Waals surface area contributed by atoms with Crippen LogP contribution < -0.4 is 11.5 Å². The number of Topliss-reactive ketones (excluding diaryl/α,β-unsaturated/α-hetero) is 1. The van der Waals surface area contributed by atoms with Crippen LogP contribution in [0, 0.1) is 5.82 Å². The maximum Gasteiger partial charge on any atom is 0.180 e. The van der Waals surface area contributed by atoms with Gasteiger partial charge in [-0.15, -0.1) is 11.6 Å². The average molecular weight is 203 g/mol. The molecule has 0 saturated heterocycles. The molecule has 0 amide bonds. The van der Waals surface area contributed by atoms with Gasteiger partial charge in [-0.2, -0.15) is 0 Å². The highest BCUT2D eigenvalue weighted by molar-refractivity contribution is 6.30. The van der Waals surface area contributed by atoms with Crippen LogP contribution in [-0.4, -0.2) is 11.7 Å². The normalized spacial score (nSPS) is 10.0. The van der Waals surface area contributed by atoms with Gasteiger partial charge in [-0.05, 0) is 12.1 Å². The Balaban J connectivity index is 3.26. The van der Waals surface area contributed by atoms with E-state index in [1.807, 2.05) is 0 Å². The van der Waals surface area contributed by atoms with Crippen LogP contribution in [0.15, 0.2) is 12.1 Å². The molecular formula is C8H8ClFN2O. The van der Waals surface area contributed by atoms with Crippen molar-refractivity contribution in [2.45, 2.75) is 0 Å². The lowest BCUT2D eigenvalue weighted by Gasteiger charge is -2.04. The number of hydrogen-bond acceptors (Lipinski definition) is 3. The van der Waals surface area contributed by atoms with Gasteiger partial charge in [0, 0.05) is 0 Å². The second-order valence-electron chi connectivity index (χ2n) is 2.49. The van der Waals surface area contributed by atoms with Gasteiger partial charge >= 0.3 is 0 Å². The summed E-state index contributed by atoms with van der Waals surface area (Å²) in [6.07, 6.45) is 0. The van der Waals surface area contributed by atoms with E-state index in [-0.39, 0.29) is 22.8 Å². The Labute approximate surface area is 79.5 Å². The molecule has 0 aromatic heterocycles. The fourth-order valence-electron chi connectivity index (χ4n) is 0.895. The fourth-order valence-corrected chi connectivity index (χ4v) is 1.04. The predicted octanol–water partition coefficient (Wildman–Crippen LogP) is 1.41. The highest BCUT2D eigenvalue weighted by Crippen LogP contribution is 2.22. The van der Waals surface area contributed by atoms with Crippen LogP contribution in [0.25, 0.3) is 0 Å². The molecule has 1 aromatic carbocycles. The molecule has 0 spiro atoms. The van der Waals surface area contributed by atoms with Gasteiger partial charge in [0.25, 0.3) is 0 Å². The van der Waals surface area contributed by atoms with E-state index in [9.17, 15) is 9.18 Å². The van der Waals surface area contributed by atoms with Crippen LogP contribution in [0.5, 0.6) is 0 Å². The van der Waals surface area contributed by atoms with Crippen molar-refractivity contribution >= 4 is 28.8 Å². The molecule has 1 rings (SSSR count). The molecule has 1 aromatic rings. The van der Waals surface area contributed by atoms with Crippen molar-refractivity contribution in [3.8, 4) is 0 Å². The quantitative estimate of drug-likeness (QED) is 0.433. The van der Waals surface area contributed by atoms with Crippen LogP contribution in [0.3, 0.4) is 0 Å². The maximum absolute atomic E-state index is 13.2. The number of carbonyl (C=O) groups is 1. The van der Waals surface area contributed by atoms with Gasteiger partial charge in [0.1, 0.15) is 0 Å². The summed E-state index contributed by atoms with van der Waals surface area (Å²) in [6, 6.07) is 2.64. The molecule has 13 heavy (non-hydrogen) atoms. The molecular weight excluding hydrogens is 195 g/mol. The van der Waals surface area contributed by atoms with E-state index in [1.165, 1.54) is 12.1 Å². The van der Waals surface area contributed by atoms with E-state index in [0.717, 1.165) is 0 Å². The Kier molecular flexibility index (Phi) is 2.72. The minimum atomic E-state index is -0.800. The van der Waals surface area contributed by atoms with Crippen molar-refractivity contribution in [2.75, 3.05) is 17.3 Å². The van der Waals surface area contributed by atoms with E-state index < -0.39 is 11.6 Å². The van der Waals surface area contributed by atoms with Crippen molar-refractivity contribution < 1.29 is 9.18 Å². The maximum atomic E-state index is 13.2. The Morgan fingerprint density at radius 1 is 1.46 bits per heavy atom. The third-order valence-electron chi connectivity index (χ3n) is 1.64. The molecule has 0 fully saturated rings. The average Bonchev–Trinajstić information content (AvgIpc) is 2.13. The molecule has 0 bridgehead atoms. The van der Waals surface area contributed by atoms with Gasteiger partial charge in [0.2, 0.25) is 0 Å². The van der Waals surface area contributed by atoms with E-state index in [1.54, 1.807) is 0 Å². The highest BCUT2D eigenvalue weighted by Gasteiger charge is 2.14. The third kappa shape index (κ3) is 1.72. The minimum absolute atomic E-state index is 0.114. The number of hydrogen-bond donors (Lipinski definition) is 2.